The molecule has 1 aromatic rings. The van der Waals surface area contributed by atoms with Crippen LogP contribution in [0.15, 0.2) is 16.7 Å². The van der Waals surface area contributed by atoms with E-state index in [9.17, 15) is 0 Å². The fraction of sp³-hybridized carbons (Fsp3) is 0.583. The molecule has 0 atom stereocenters. The zero-order chi connectivity index (χ0) is 12.5. The monoisotopic (exact) mass is 303 g/mol. The van der Waals surface area contributed by atoms with Crippen LogP contribution in [0.3, 0.4) is 0 Å². The second-order valence-corrected chi connectivity index (χ2v) is 4.50. The first kappa shape index (κ1) is 14.4. The minimum Gasteiger partial charge on any atom is -0.477 e. The summed E-state index contributed by atoms with van der Waals surface area (Å²) in [6.45, 7) is 4.53. The van der Waals surface area contributed by atoms with Crippen LogP contribution in [0.5, 0.6) is 5.88 Å². The molecule has 5 heteroatoms. The van der Waals surface area contributed by atoms with Gasteiger partial charge in [0, 0.05) is 36.4 Å². The van der Waals surface area contributed by atoms with E-state index >= 15 is 0 Å². The Labute approximate surface area is 110 Å². The fourth-order valence-corrected chi connectivity index (χ4v) is 1.70. The van der Waals surface area contributed by atoms with Crippen molar-refractivity contribution in [3.05, 3.63) is 22.3 Å². The molecule has 0 saturated heterocycles. The Morgan fingerprint density at radius 1 is 1.24 bits per heavy atom. The topological polar surface area (TPSA) is 40.6 Å². The highest BCUT2D eigenvalue weighted by molar-refractivity contribution is 9.10. The minimum absolute atomic E-state index is 0.614. The predicted octanol–water partition coefficient (Wildman–Crippen LogP) is 2.58. The number of aryl methyl sites for hydroxylation is 1. The first-order valence-electron chi connectivity index (χ1n) is 5.55. The lowest BCUT2D eigenvalue weighted by Gasteiger charge is -2.08. The molecule has 0 aliphatic carbocycles. The lowest BCUT2D eigenvalue weighted by atomic mass is 10.3. The SMILES string of the molecule is COCCOCCCOc1ncc(Br)cc1C. The van der Waals surface area contributed by atoms with E-state index in [4.69, 9.17) is 14.2 Å². The molecule has 0 radical (unpaired) electrons. The average molecular weight is 304 g/mol. The summed E-state index contributed by atoms with van der Waals surface area (Å²) in [6, 6.07) is 1.98. The summed E-state index contributed by atoms with van der Waals surface area (Å²) in [6.07, 6.45) is 2.58. The summed E-state index contributed by atoms with van der Waals surface area (Å²) in [4.78, 5) is 4.20. The highest BCUT2D eigenvalue weighted by Crippen LogP contribution is 2.18. The number of hydrogen-bond acceptors (Lipinski definition) is 4. The Kier molecular flexibility index (Phi) is 7.16. The minimum atomic E-state index is 0.614. The van der Waals surface area contributed by atoms with E-state index in [0.29, 0.717) is 32.3 Å². The third-order valence-corrected chi connectivity index (χ3v) is 2.53. The van der Waals surface area contributed by atoms with E-state index in [1.165, 1.54) is 0 Å². The third-order valence-electron chi connectivity index (χ3n) is 2.10. The molecule has 1 rings (SSSR count). The molecular formula is C12H18BrNO3. The molecule has 4 nitrogen and oxygen atoms in total. The summed E-state index contributed by atoms with van der Waals surface area (Å²) in [7, 11) is 1.66. The number of nitrogens with zero attached hydrogens (tertiary/aromatic N) is 1. The molecule has 96 valence electrons. The van der Waals surface area contributed by atoms with Gasteiger partial charge in [0.25, 0.3) is 0 Å². The average Bonchev–Trinajstić information content (AvgIpc) is 2.30. The Hall–Kier alpha value is -0.650. The van der Waals surface area contributed by atoms with Crippen LogP contribution in [-0.4, -0.2) is 38.5 Å². The molecule has 0 fully saturated rings. The van der Waals surface area contributed by atoms with Crippen molar-refractivity contribution in [2.24, 2.45) is 0 Å². The molecular weight excluding hydrogens is 286 g/mol. The van der Waals surface area contributed by atoms with Gasteiger partial charge in [-0.2, -0.15) is 0 Å². The van der Waals surface area contributed by atoms with Crippen molar-refractivity contribution in [3.8, 4) is 5.88 Å². The van der Waals surface area contributed by atoms with Crippen LogP contribution < -0.4 is 4.74 Å². The number of pyridine rings is 1. The summed E-state index contributed by atoms with van der Waals surface area (Å²) < 4.78 is 16.7. The molecule has 0 aromatic carbocycles. The van der Waals surface area contributed by atoms with Gasteiger partial charge < -0.3 is 14.2 Å². The zero-order valence-electron chi connectivity index (χ0n) is 10.2. The second kappa shape index (κ2) is 8.44. The van der Waals surface area contributed by atoms with Crippen molar-refractivity contribution in [3.63, 3.8) is 0 Å². The zero-order valence-corrected chi connectivity index (χ0v) is 11.8. The van der Waals surface area contributed by atoms with E-state index in [1.807, 2.05) is 13.0 Å². The highest BCUT2D eigenvalue weighted by atomic mass is 79.9. The van der Waals surface area contributed by atoms with Crippen LogP contribution in [0, 0.1) is 6.92 Å². The van der Waals surface area contributed by atoms with E-state index in [-0.39, 0.29) is 0 Å². The van der Waals surface area contributed by atoms with Crippen molar-refractivity contribution in [2.45, 2.75) is 13.3 Å². The number of aromatic nitrogens is 1. The third kappa shape index (κ3) is 6.00. The van der Waals surface area contributed by atoms with Gasteiger partial charge in [0.2, 0.25) is 5.88 Å². The van der Waals surface area contributed by atoms with Crippen LogP contribution in [0.1, 0.15) is 12.0 Å². The molecule has 0 bridgehead atoms. The maximum absolute atomic E-state index is 5.56. The molecule has 0 spiro atoms. The quantitative estimate of drug-likeness (QED) is 0.692. The Bertz CT molecular complexity index is 334. The van der Waals surface area contributed by atoms with Gasteiger partial charge in [0.1, 0.15) is 0 Å². The Morgan fingerprint density at radius 3 is 2.76 bits per heavy atom. The molecule has 0 aliphatic heterocycles. The van der Waals surface area contributed by atoms with Crippen LogP contribution in [-0.2, 0) is 9.47 Å². The van der Waals surface area contributed by atoms with Gasteiger partial charge in [0.15, 0.2) is 0 Å². The first-order valence-corrected chi connectivity index (χ1v) is 6.35. The lowest BCUT2D eigenvalue weighted by Crippen LogP contribution is -2.07. The largest absolute Gasteiger partial charge is 0.477 e. The number of rotatable bonds is 8. The first-order chi connectivity index (χ1) is 8.24. The van der Waals surface area contributed by atoms with Gasteiger partial charge in [-0.1, -0.05) is 0 Å². The molecule has 0 saturated carbocycles. The Morgan fingerprint density at radius 2 is 2.06 bits per heavy atom. The van der Waals surface area contributed by atoms with Crippen LogP contribution in [0.2, 0.25) is 0 Å². The molecule has 1 heterocycles. The molecule has 0 amide bonds. The van der Waals surface area contributed by atoms with Gasteiger partial charge in [-0.05, 0) is 28.9 Å². The maximum Gasteiger partial charge on any atom is 0.216 e. The van der Waals surface area contributed by atoms with Crippen molar-refractivity contribution in [1.29, 1.82) is 0 Å². The van der Waals surface area contributed by atoms with Crippen molar-refractivity contribution >= 4 is 15.9 Å². The van der Waals surface area contributed by atoms with Crippen molar-refractivity contribution in [2.75, 3.05) is 33.5 Å². The summed E-state index contributed by atoms with van der Waals surface area (Å²) in [5, 5.41) is 0. The maximum atomic E-state index is 5.56. The molecule has 0 N–H and O–H groups in total. The number of methoxy groups -OCH3 is 1. The number of halogens is 1. The van der Waals surface area contributed by atoms with E-state index in [0.717, 1.165) is 16.5 Å². The van der Waals surface area contributed by atoms with Gasteiger partial charge in [-0.15, -0.1) is 0 Å². The van der Waals surface area contributed by atoms with Gasteiger partial charge in [-0.25, -0.2) is 4.98 Å². The van der Waals surface area contributed by atoms with Gasteiger partial charge in [-0.3, -0.25) is 0 Å². The summed E-state index contributed by atoms with van der Waals surface area (Å²) in [5.74, 6) is 0.685. The van der Waals surface area contributed by atoms with E-state index < -0.39 is 0 Å². The van der Waals surface area contributed by atoms with Crippen LogP contribution in [0.4, 0.5) is 0 Å². The normalized spacial score (nSPS) is 10.5. The second-order valence-electron chi connectivity index (χ2n) is 3.58. The lowest BCUT2D eigenvalue weighted by molar-refractivity contribution is 0.0641. The van der Waals surface area contributed by atoms with Gasteiger partial charge >= 0.3 is 0 Å². The standard InChI is InChI=1S/C12H18BrNO3/c1-10-8-11(13)9-14-12(10)17-5-3-4-16-7-6-15-2/h8-9H,3-7H2,1-2H3. The van der Waals surface area contributed by atoms with Crippen LogP contribution in [0.25, 0.3) is 0 Å². The van der Waals surface area contributed by atoms with E-state index in [2.05, 4.69) is 20.9 Å². The highest BCUT2D eigenvalue weighted by Gasteiger charge is 2.01. The predicted molar refractivity (Wildman–Crippen MR) is 69.5 cm³/mol. The summed E-state index contributed by atoms with van der Waals surface area (Å²) in [5.41, 5.74) is 1.03. The van der Waals surface area contributed by atoms with Crippen molar-refractivity contribution in [1.82, 2.24) is 4.98 Å². The molecule has 17 heavy (non-hydrogen) atoms. The smallest absolute Gasteiger partial charge is 0.216 e. The van der Waals surface area contributed by atoms with Crippen LogP contribution >= 0.6 is 15.9 Å². The molecule has 0 aliphatic rings. The van der Waals surface area contributed by atoms with Gasteiger partial charge in [0.05, 0.1) is 19.8 Å². The molecule has 1 aromatic heterocycles. The number of hydrogen-bond donors (Lipinski definition) is 0. The molecule has 0 unspecified atom stereocenters. The Balaban J connectivity index is 2.14. The number of ether oxygens (including phenoxy) is 3. The van der Waals surface area contributed by atoms with E-state index in [1.54, 1.807) is 13.3 Å². The van der Waals surface area contributed by atoms with Crippen molar-refractivity contribution < 1.29 is 14.2 Å². The summed E-state index contributed by atoms with van der Waals surface area (Å²) >= 11 is 3.36. The fourth-order valence-electron chi connectivity index (χ4n) is 1.25.